The fourth-order valence-corrected chi connectivity index (χ4v) is 2.42. The molecule has 0 radical (unpaired) electrons. The van der Waals surface area contributed by atoms with E-state index < -0.39 is 30.6 Å². The first-order valence-corrected chi connectivity index (χ1v) is 7.08. The third kappa shape index (κ3) is 4.61. The molecule has 5 nitrogen and oxygen atoms in total. The lowest BCUT2D eigenvalue weighted by Crippen LogP contribution is -2.39. The molecule has 0 saturated carbocycles. The Hall–Kier alpha value is -2.25. The van der Waals surface area contributed by atoms with Crippen molar-refractivity contribution in [2.24, 2.45) is 0 Å². The normalized spacial score (nSPS) is 18.2. The Labute approximate surface area is 132 Å². The lowest BCUT2D eigenvalue weighted by atomic mass is 10.1. The average molecular weight is 329 g/mol. The Morgan fingerprint density at radius 2 is 1.91 bits per heavy atom. The van der Waals surface area contributed by atoms with E-state index in [1.165, 1.54) is 0 Å². The van der Waals surface area contributed by atoms with E-state index >= 15 is 0 Å². The molecule has 1 unspecified atom stereocenters. The number of halogens is 3. The lowest BCUT2D eigenvalue weighted by Gasteiger charge is -2.18. The number of nitrogens with one attached hydrogen (secondary N) is 1. The molecule has 8 heteroatoms. The predicted molar refractivity (Wildman–Crippen MR) is 79.3 cm³/mol. The molecule has 0 bridgehead atoms. The van der Waals surface area contributed by atoms with Crippen LogP contribution in [0.5, 0.6) is 0 Å². The van der Waals surface area contributed by atoms with Crippen LogP contribution in [-0.4, -0.2) is 56.1 Å². The van der Waals surface area contributed by atoms with Crippen LogP contribution in [0, 0.1) is 0 Å². The molecule has 1 saturated heterocycles. The number of alkyl halides is 3. The zero-order chi connectivity index (χ0) is 17.2. The highest BCUT2D eigenvalue weighted by Gasteiger charge is 2.38. The van der Waals surface area contributed by atoms with Crippen LogP contribution in [0.2, 0.25) is 0 Å². The van der Waals surface area contributed by atoms with E-state index in [1.807, 2.05) is 19.0 Å². The van der Waals surface area contributed by atoms with Crippen LogP contribution in [0.15, 0.2) is 24.3 Å². The van der Waals surface area contributed by atoms with Crippen LogP contribution in [0.1, 0.15) is 16.8 Å². The largest absolute Gasteiger partial charge is 0.406 e. The van der Waals surface area contributed by atoms with Crippen LogP contribution < -0.4 is 10.2 Å². The van der Waals surface area contributed by atoms with Gasteiger partial charge in [0.1, 0.15) is 6.54 Å². The van der Waals surface area contributed by atoms with Crippen molar-refractivity contribution in [3.05, 3.63) is 29.8 Å². The number of amides is 2. The molecule has 0 aromatic heterocycles. The number of rotatable bonds is 4. The van der Waals surface area contributed by atoms with Gasteiger partial charge in [0.2, 0.25) is 5.91 Å². The third-order valence-corrected chi connectivity index (χ3v) is 3.57. The summed E-state index contributed by atoms with van der Waals surface area (Å²) in [5, 5.41) is 2.61. The van der Waals surface area contributed by atoms with E-state index in [2.05, 4.69) is 5.32 Å². The van der Waals surface area contributed by atoms with Gasteiger partial charge >= 0.3 is 6.18 Å². The second-order valence-electron chi connectivity index (χ2n) is 5.71. The summed E-state index contributed by atoms with van der Waals surface area (Å²) in [6.07, 6.45) is -4.55. The minimum atomic E-state index is -4.43. The number of likely N-dealkylation sites (tertiary alicyclic amines) is 1. The van der Waals surface area contributed by atoms with E-state index in [9.17, 15) is 22.8 Å². The van der Waals surface area contributed by atoms with Gasteiger partial charge < -0.3 is 15.1 Å². The molecule has 2 rings (SSSR count). The summed E-state index contributed by atoms with van der Waals surface area (Å²) < 4.78 is 37.1. The first kappa shape index (κ1) is 17.1. The lowest BCUT2D eigenvalue weighted by molar-refractivity contribution is -0.157. The second-order valence-corrected chi connectivity index (χ2v) is 5.71. The van der Waals surface area contributed by atoms with Gasteiger partial charge in [-0.1, -0.05) is 0 Å². The third-order valence-electron chi connectivity index (χ3n) is 3.57. The number of benzene rings is 1. The fraction of sp³-hybridized carbons (Fsp3) is 0.467. The SMILES string of the molecule is CN(C)c1ccc(C(=O)NC2CC(=O)N(CC(F)(F)F)C2)cc1. The summed E-state index contributed by atoms with van der Waals surface area (Å²) in [7, 11) is 3.74. The summed E-state index contributed by atoms with van der Waals surface area (Å²) in [5.41, 5.74) is 1.33. The summed E-state index contributed by atoms with van der Waals surface area (Å²) in [5.74, 6) is -1.00. The quantitative estimate of drug-likeness (QED) is 0.914. The highest BCUT2D eigenvalue weighted by molar-refractivity contribution is 5.95. The van der Waals surface area contributed by atoms with Gasteiger partial charge in [-0.15, -0.1) is 0 Å². The summed E-state index contributed by atoms with van der Waals surface area (Å²) in [6.45, 7) is -1.41. The maximum Gasteiger partial charge on any atom is 0.406 e. The molecule has 126 valence electrons. The van der Waals surface area contributed by atoms with E-state index in [-0.39, 0.29) is 13.0 Å². The van der Waals surface area contributed by atoms with Gasteiger partial charge in [0.05, 0.1) is 6.04 Å². The number of hydrogen-bond donors (Lipinski definition) is 1. The fourth-order valence-electron chi connectivity index (χ4n) is 2.42. The topological polar surface area (TPSA) is 52.7 Å². The van der Waals surface area contributed by atoms with Crippen molar-refractivity contribution in [2.45, 2.75) is 18.6 Å². The number of carbonyl (C=O) groups is 2. The first-order chi connectivity index (χ1) is 10.7. The number of anilines is 1. The minimum Gasteiger partial charge on any atom is -0.378 e. The van der Waals surface area contributed by atoms with Crippen molar-refractivity contribution in [3.8, 4) is 0 Å². The Kier molecular flexibility index (Phi) is 4.82. The highest BCUT2D eigenvalue weighted by atomic mass is 19.4. The van der Waals surface area contributed by atoms with Gasteiger partial charge in [-0.25, -0.2) is 0 Å². The molecule has 1 heterocycles. The molecule has 1 fully saturated rings. The van der Waals surface area contributed by atoms with Crippen molar-refractivity contribution < 1.29 is 22.8 Å². The first-order valence-electron chi connectivity index (χ1n) is 7.08. The summed E-state index contributed by atoms with van der Waals surface area (Å²) in [6, 6.07) is 6.20. The van der Waals surface area contributed by atoms with Crippen LogP contribution in [0.3, 0.4) is 0 Å². The van der Waals surface area contributed by atoms with Crippen molar-refractivity contribution in [3.63, 3.8) is 0 Å². The second kappa shape index (κ2) is 6.47. The maximum absolute atomic E-state index is 12.4. The minimum absolute atomic E-state index is 0.113. The van der Waals surface area contributed by atoms with Crippen molar-refractivity contribution in [2.75, 3.05) is 32.1 Å². The molecule has 23 heavy (non-hydrogen) atoms. The Morgan fingerprint density at radius 3 is 2.43 bits per heavy atom. The smallest absolute Gasteiger partial charge is 0.378 e. The Morgan fingerprint density at radius 1 is 1.30 bits per heavy atom. The molecule has 1 aromatic carbocycles. The average Bonchev–Trinajstić information content (AvgIpc) is 2.76. The molecule has 0 spiro atoms. The molecular formula is C15H18F3N3O2. The van der Waals surface area contributed by atoms with Gasteiger partial charge in [-0.2, -0.15) is 13.2 Å². The van der Waals surface area contributed by atoms with E-state index in [0.717, 1.165) is 10.6 Å². The zero-order valence-electron chi connectivity index (χ0n) is 12.9. The zero-order valence-corrected chi connectivity index (χ0v) is 12.9. The Bertz CT molecular complexity index is 585. The maximum atomic E-state index is 12.4. The van der Waals surface area contributed by atoms with Crippen LogP contribution in [0.25, 0.3) is 0 Å². The molecule has 1 atom stereocenters. The standard InChI is InChI=1S/C15H18F3N3O2/c1-20(2)12-5-3-10(4-6-12)14(23)19-11-7-13(22)21(8-11)9-15(16,17)18/h3-6,11H,7-9H2,1-2H3,(H,19,23). The molecule has 2 amide bonds. The molecule has 0 aliphatic carbocycles. The molecule has 1 N–H and O–H groups in total. The molecule has 1 aromatic rings. The summed E-state index contributed by atoms with van der Waals surface area (Å²) in [4.78, 5) is 26.3. The highest BCUT2D eigenvalue weighted by Crippen LogP contribution is 2.21. The van der Waals surface area contributed by atoms with Gasteiger partial charge in [0, 0.05) is 38.3 Å². The van der Waals surface area contributed by atoms with E-state index in [0.29, 0.717) is 5.56 Å². The van der Waals surface area contributed by atoms with Crippen LogP contribution >= 0.6 is 0 Å². The Balaban J connectivity index is 1.94. The molecular weight excluding hydrogens is 311 g/mol. The van der Waals surface area contributed by atoms with Gasteiger partial charge in [-0.05, 0) is 24.3 Å². The van der Waals surface area contributed by atoms with E-state index in [1.54, 1.807) is 24.3 Å². The van der Waals surface area contributed by atoms with Gasteiger partial charge in [-0.3, -0.25) is 9.59 Å². The molecule has 1 aliphatic rings. The number of hydrogen-bond acceptors (Lipinski definition) is 3. The number of carbonyl (C=O) groups excluding carboxylic acids is 2. The van der Waals surface area contributed by atoms with Crippen LogP contribution in [-0.2, 0) is 4.79 Å². The van der Waals surface area contributed by atoms with E-state index in [4.69, 9.17) is 0 Å². The number of nitrogens with zero attached hydrogens (tertiary/aromatic N) is 2. The van der Waals surface area contributed by atoms with Gasteiger partial charge in [0.25, 0.3) is 5.91 Å². The monoisotopic (exact) mass is 329 g/mol. The van der Waals surface area contributed by atoms with Crippen molar-refractivity contribution >= 4 is 17.5 Å². The predicted octanol–water partition coefficient (Wildman–Crippen LogP) is 1.65. The van der Waals surface area contributed by atoms with Gasteiger partial charge in [0.15, 0.2) is 0 Å². The van der Waals surface area contributed by atoms with Crippen molar-refractivity contribution in [1.29, 1.82) is 0 Å². The molecule has 1 aliphatic heterocycles. The van der Waals surface area contributed by atoms with Crippen LogP contribution in [0.4, 0.5) is 18.9 Å². The summed E-state index contributed by atoms with van der Waals surface area (Å²) >= 11 is 0. The van der Waals surface area contributed by atoms with Crippen molar-refractivity contribution in [1.82, 2.24) is 10.2 Å².